The molecule has 14 heavy (non-hydrogen) atoms. The molecule has 0 aliphatic rings. The Labute approximate surface area is 89.9 Å². The van der Waals surface area contributed by atoms with Gasteiger partial charge in [0.15, 0.2) is 0 Å². The van der Waals surface area contributed by atoms with Crippen molar-refractivity contribution in [3.8, 4) is 0 Å². The number of nitrogens with zero attached hydrogens (tertiary/aromatic N) is 1. The summed E-state index contributed by atoms with van der Waals surface area (Å²) in [7, 11) is 0. The molecular formula is C12H28N2. The molecule has 0 aromatic heterocycles. The van der Waals surface area contributed by atoms with Crippen molar-refractivity contribution in [3.63, 3.8) is 0 Å². The summed E-state index contributed by atoms with van der Waals surface area (Å²) in [4.78, 5) is 2.47. The summed E-state index contributed by atoms with van der Waals surface area (Å²) in [5.74, 6) is 0.644. The molecule has 2 heteroatoms. The van der Waals surface area contributed by atoms with E-state index in [1.165, 1.54) is 25.8 Å². The molecule has 0 aromatic carbocycles. The van der Waals surface area contributed by atoms with Crippen LogP contribution in [0, 0.1) is 5.92 Å². The van der Waals surface area contributed by atoms with E-state index in [9.17, 15) is 0 Å². The summed E-state index contributed by atoms with van der Waals surface area (Å²) >= 11 is 0. The van der Waals surface area contributed by atoms with E-state index in [-0.39, 0.29) is 0 Å². The van der Waals surface area contributed by atoms with Crippen LogP contribution in [0.4, 0.5) is 0 Å². The van der Waals surface area contributed by atoms with Crippen LogP contribution < -0.4 is 5.73 Å². The molecule has 0 aliphatic carbocycles. The van der Waals surface area contributed by atoms with Crippen LogP contribution in [-0.2, 0) is 0 Å². The number of hydrogen-bond donors (Lipinski definition) is 1. The van der Waals surface area contributed by atoms with Crippen LogP contribution in [0.25, 0.3) is 0 Å². The van der Waals surface area contributed by atoms with Crippen molar-refractivity contribution < 1.29 is 0 Å². The quantitative estimate of drug-likeness (QED) is 0.652. The number of nitrogens with two attached hydrogens (primary N) is 1. The van der Waals surface area contributed by atoms with Gasteiger partial charge in [-0.05, 0) is 25.4 Å². The number of unbranched alkanes of at least 4 members (excludes halogenated alkanes) is 1. The first-order valence-electron chi connectivity index (χ1n) is 6.13. The van der Waals surface area contributed by atoms with E-state index < -0.39 is 0 Å². The molecule has 0 saturated carbocycles. The maximum atomic E-state index is 6.13. The smallest absolute Gasteiger partial charge is 0.0193 e. The highest BCUT2D eigenvalue weighted by Gasteiger charge is 2.13. The Bertz CT molecular complexity index is 125. The fourth-order valence-corrected chi connectivity index (χ4v) is 1.54. The second-order valence-electron chi connectivity index (χ2n) is 4.30. The number of likely N-dealkylation sites (N-methyl/N-ethyl adjacent to an activating group) is 1. The van der Waals surface area contributed by atoms with Crippen molar-refractivity contribution in [2.75, 3.05) is 19.6 Å². The van der Waals surface area contributed by atoms with Crippen molar-refractivity contribution >= 4 is 0 Å². The minimum Gasteiger partial charge on any atom is -0.326 e. The molecule has 0 bridgehead atoms. The lowest BCUT2D eigenvalue weighted by Crippen LogP contribution is -2.41. The second-order valence-corrected chi connectivity index (χ2v) is 4.30. The summed E-state index contributed by atoms with van der Waals surface area (Å²) in [6, 6.07) is 0.344. The van der Waals surface area contributed by atoms with E-state index in [1.807, 2.05) is 0 Å². The van der Waals surface area contributed by atoms with Crippen molar-refractivity contribution in [2.24, 2.45) is 11.7 Å². The molecule has 2 atom stereocenters. The molecule has 0 aliphatic heterocycles. The third-order valence-electron chi connectivity index (χ3n) is 3.12. The molecule has 0 aromatic rings. The standard InChI is InChI=1S/C12H28N2/c1-5-8-9-14(7-3)10-12(13)11(4)6-2/h11-12H,5-10,13H2,1-4H3. The molecule has 0 rings (SSSR count). The first-order valence-corrected chi connectivity index (χ1v) is 6.13. The number of rotatable bonds is 8. The molecule has 2 nitrogen and oxygen atoms in total. The van der Waals surface area contributed by atoms with E-state index >= 15 is 0 Å². The average Bonchev–Trinajstić information content (AvgIpc) is 2.22. The van der Waals surface area contributed by atoms with Crippen molar-refractivity contribution in [1.29, 1.82) is 0 Å². The summed E-state index contributed by atoms with van der Waals surface area (Å²) in [5, 5.41) is 0. The molecule has 0 spiro atoms. The lowest BCUT2D eigenvalue weighted by atomic mass is 9.99. The highest BCUT2D eigenvalue weighted by atomic mass is 15.1. The molecule has 2 unspecified atom stereocenters. The van der Waals surface area contributed by atoms with Gasteiger partial charge < -0.3 is 10.6 Å². The van der Waals surface area contributed by atoms with Crippen LogP contribution in [0.5, 0.6) is 0 Å². The van der Waals surface area contributed by atoms with Crippen LogP contribution in [0.2, 0.25) is 0 Å². The third kappa shape index (κ3) is 5.61. The van der Waals surface area contributed by atoms with E-state index in [1.54, 1.807) is 0 Å². The summed E-state index contributed by atoms with van der Waals surface area (Å²) < 4.78 is 0. The Morgan fingerprint density at radius 1 is 1.21 bits per heavy atom. The van der Waals surface area contributed by atoms with Gasteiger partial charge in [-0.3, -0.25) is 0 Å². The Balaban J connectivity index is 3.79. The first-order chi connectivity index (χ1) is 6.65. The summed E-state index contributed by atoms with van der Waals surface area (Å²) in [5.41, 5.74) is 6.13. The SMILES string of the molecule is CCCCN(CC)CC(N)C(C)CC. The number of hydrogen-bond acceptors (Lipinski definition) is 2. The van der Waals surface area contributed by atoms with Crippen LogP contribution in [0.15, 0.2) is 0 Å². The topological polar surface area (TPSA) is 29.3 Å². The highest BCUT2D eigenvalue weighted by molar-refractivity contribution is 4.72. The summed E-state index contributed by atoms with van der Waals surface area (Å²) in [6.45, 7) is 12.3. The van der Waals surface area contributed by atoms with E-state index in [2.05, 4.69) is 32.6 Å². The zero-order valence-corrected chi connectivity index (χ0v) is 10.4. The lowest BCUT2D eigenvalue weighted by Gasteiger charge is -2.27. The largest absolute Gasteiger partial charge is 0.326 e. The van der Waals surface area contributed by atoms with Crippen molar-refractivity contribution in [3.05, 3.63) is 0 Å². The van der Waals surface area contributed by atoms with Gasteiger partial charge in [-0.25, -0.2) is 0 Å². The molecule has 0 radical (unpaired) electrons. The Kier molecular flexibility index (Phi) is 8.20. The molecular weight excluding hydrogens is 172 g/mol. The van der Waals surface area contributed by atoms with Crippen LogP contribution in [-0.4, -0.2) is 30.6 Å². The van der Waals surface area contributed by atoms with Crippen LogP contribution in [0.1, 0.15) is 47.0 Å². The monoisotopic (exact) mass is 200 g/mol. The van der Waals surface area contributed by atoms with Crippen molar-refractivity contribution in [2.45, 2.75) is 53.0 Å². The predicted octanol–water partition coefficient (Wildman–Crippen LogP) is 2.48. The fourth-order valence-electron chi connectivity index (χ4n) is 1.54. The van der Waals surface area contributed by atoms with Crippen LogP contribution >= 0.6 is 0 Å². The maximum Gasteiger partial charge on any atom is 0.0193 e. The molecule has 0 fully saturated rings. The fraction of sp³-hybridized carbons (Fsp3) is 1.00. The van der Waals surface area contributed by atoms with Crippen LogP contribution in [0.3, 0.4) is 0 Å². The minimum atomic E-state index is 0.344. The maximum absolute atomic E-state index is 6.13. The van der Waals surface area contributed by atoms with Gasteiger partial charge >= 0.3 is 0 Å². The van der Waals surface area contributed by atoms with Gasteiger partial charge in [0.25, 0.3) is 0 Å². The van der Waals surface area contributed by atoms with Crippen molar-refractivity contribution in [1.82, 2.24) is 4.90 Å². The molecule has 0 heterocycles. The van der Waals surface area contributed by atoms with Gasteiger partial charge in [-0.2, -0.15) is 0 Å². The van der Waals surface area contributed by atoms with Gasteiger partial charge in [0.1, 0.15) is 0 Å². The van der Waals surface area contributed by atoms with E-state index in [4.69, 9.17) is 5.73 Å². The third-order valence-corrected chi connectivity index (χ3v) is 3.12. The molecule has 0 saturated heterocycles. The van der Waals surface area contributed by atoms with E-state index in [0.717, 1.165) is 13.1 Å². The Morgan fingerprint density at radius 3 is 2.29 bits per heavy atom. The first kappa shape index (κ1) is 13.9. The van der Waals surface area contributed by atoms with Gasteiger partial charge in [0, 0.05) is 12.6 Å². The highest BCUT2D eigenvalue weighted by Crippen LogP contribution is 2.07. The molecule has 86 valence electrons. The Hall–Kier alpha value is -0.0800. The second kappa shape index (κ2) is 8.25. The molecule has 2 N–H and O–H groups in total. The lowest BCUT2D eigenvalue weighted by molar-refractivity contribution is 0.239. The predicted molar refractivity (Wildman–Crippen MR) is 64.5 cm³/mol. The van der Waals surface area contributed by atoms with Gasteiger partial charge in [-0.15, -0.1) is 0 Å². The average molecular weight is 200 g/mol. The zero-order chi connectivity index (χ0) is 11.0. The van der Waals surface area contributed by atoms with Gasteiger partial charge in [0.05, 0.1) is 0 Å². The zero-order valence-electron chi connectivity index (χ0n) is 10.4. The van der Waals surface area contributed by atoms with Gasteiger partial charge in [0.2, 0.25) is 0 Å². The minimum absolute atomic E-state index is 0.344. The Morgan fingerprint density at radius 2 is 1.86 bits per heavy atom. The summed E-state index contributed by atoms with van der Waals surface area (Å²) in [6.07, 6.45) is 3.75. The normalized spacial score (nSPS) is 15.9. The molecule has 0 amide bonds. The van der Waals surface area contributed by atoms with E-state index in [0.29, 0.717) is 12.0 Å². The van der Waals surface area contributed by atoms with Gasteiger partial charge in [-0.1, -0.05) is 40.5 Å².